The number of anilines is 1. The molecule has 1 aromatic carbocycles. The summed E-state index contributed by atoms with van der Waals surface area (Å²) in [5.41, 5.74) is 9.02. The zero-order valence-corrected chi connectivity index (χ0v) is 12.4. The van der Waals surface area contributed by atoms with Gasteiger partial charge in [0, 0.05) is 19.3 Å². The van der Waals surface area contributed by atoms with Crippen LogP contribution >= 0.6 is 0 Å². The van der Waals surface area contributed by atoms with Crippen molar-refractivity contribution in [3.8, 4) is 0 Å². The fourth-order valence-corrected chi connectivity index (χ4v) is 2.18. The largest absolute Gasteiger partial charge is 0.372 e. The molecule has 0 aliphatic carbocycles. The van der Waals surface area contributed by atoms with Crippen LogP contribution in [0.3, 0.4) is 0 Å². The number of primary amides is 1. The quantitative estimate of drug-likeness (QED) is 0.785. The molecule has 106 valence electrons. The van der Waals surface area contributed by atoms with Crippen LogP contribution in [-0.4, -0.2) is 32.1 Å². The van der Waals surface area contributed by atoms with Crippen LogP contribution in [0.25, 0.3) is 0 Å². The highest BCUT2D eigenvalue weighted by Gasteiger charge is 2.17. The number of rotatable bonds is 7. The fourth-order valence-electron chi connectivity index (χ4n) is 2.18. The number of likely N-dealkylation sites (N-methyl/N-ethyl adjacent to an activating group) is 1. The van der Waals surface area contributed by atoms with E-state index in [1.807, 2.05) is 7.05 Å². The number of hydrogen-bond donors (Lipinski definition) is 2. The maximum absolute atomic E-state index is 11.4. The van der Waals surface area contributed by atoms with E-state index in [9.17, 15) is 4.79 Å². The van der Waals surface area contributed by atoms with Crippen molar-refractivity contribution in [2.24, 2.45) is 5.73 Å². The van der Waals surface area contributed by atoms with Gasteiger partial charge in [0.1, 0.15) is 6.04 Å². The van der Waals surface area contributed by atoms with Crippen LogP contribution in [0.1, 0.15) is 24.5 Å². The molecule has 3 N–H and O–H groups in total. The van der Waals surface area contributed by atoms with Crippen molar-refractivity contribution in [1.29, 1.82) is 0 Å². The Kier molecular flexibility index (Phi) is 5.83. The van der Waals surface area contributed by atoms with Gasteiger partial charge in [-0.1, -0.05) is 24.6 Å². The summed E-state index contributed by atoms with van der Waals surface area (Å²) in [4.78, 5) is 13.5. The Morgan fingerprint density at radius 2 is 2.11 bits per heavy atom. The van der Waals surface area contributed by atoms with Gasteiger partial charge in [0.15, 0.2) is 0 Å². The molecule has 0 aromatic heterocycles. The fraction of sp³-hybridized carbons (Fsp3) is 0.533. The molecule has 1 aromatic rings. The number of nitrogens with two attached hydrogens (primary N) is 1. The molecule has 0 saturated heterocycles. The van der Waals surface area contributed by atoms with Gasteiger partial charge in [-0.2, -0.15) is 0 Å². The monoisotopic (exact) mass is 263 g/mol. The molecule has 1 rings (SSSR count). The van der Waals surface area contributed by atoms with E-state index < -0.39 is 0 Å². The smallest absolute Gasteiger partial charge is 0.236 e. The summed E-state index contributed by atoms with van der Waals surface area (Å²) >= 11 is 0. The first-order chi connectivity index (χ1) is 8.95. The van der Waals surface area contributed by atoms with Crippen LogP contribution in [0.15, 0.2) is 18.2 Å². The van der Waals surface area contributed by atoms with E-state index in [0.29, 0.717) is 6.54 Å². The molecule has 1 unspecified atom stereocenters. The van der Waals surface area contributed by atoms with Gasteiger partial charge in [-0.25, -0.2) is 0 Å². The molecule has 1 amide bonds. The molecule has 0 heterocycles. The second kappa shape index (κ2) is 7.14. The van der Waals surface area contributed by atoms with Crippen molar-refractivity contribution in [1.82, 2.24) is 5.32 Å². The zero-order valence-electron chi connectivity index (χ0n) is 12.4. The van der Waals surface area contributed by atoms with Gasteiger partial charge in [-0.3, -0.25) is 4.79 Å². The molecule has 0 fully saturated rings. The van der Waals surface area contributed by atoms with E-state index in [1.54, 1.807) is 0 Å². The lowest BCUT2D eigenvalue weighted by Gasteiger charge is -2.26. The number of benzene rings is 1. The summed E-state index contributed by atoms with van der Waals surface area (Å²) in [6.07, 6.45) is 0.983. The van der Waals surface area contributed by atoms with Gasteiger partial charge in [-0.05, 0) is 38.4 Å². The molecule has 0 bridgehead atoms. The minimum absolute atomic E-state index is 0.301. The van der Waals surface area contributed by atoms with Crippen molar-refractivity contribution < 1.29 is 4.79 Å². The summed E-state index contributed by atoms with van der Waals surface area (Å²) in [6, 6.07) is 6.00. The summed E-state index contributed by atoms with van der Waals surface area (Å²) in [7, 11) is 1.99. The predicted octanol–water partition coefficient (Wildman–Crippen LogP) is 1.59. The number of nitrogens with one attached hydrogen (secondary N) is 1. The Morgan fingerprint density at radius 3 is 2.63 bits per heavy atom. The Hall–Kier alpha value is -1.55. The lowest BCUT2D eigenvalue weighted by Crippen LogP contribution is -2.48. The van der Waals surface area contributed by atoms with Gasteiger partial charge in [0.05, 0.1) is 0 Å². The third kappa shape index (κ3) is 4.56. The van der Waals surface area contributed by atoms with Crippen molar-refractivity contribution >= 4 is 11.6 Å². The van der Waals surface area contributed by atoms with Crippen LogP contribution < -0.4 is 16.0 Å². The highest BCUT2D eigenvalue weighted by molar-refractivity contribution is 5.80. The van der Waals surface area contributed by atoms with Crippen LogP contribution in [-0.2, 0) is 4.79 Å². The lowest BCUT2D eigenvalue weighted by atomic mass is 10.1. The highest BCUT2D eigenvalue weighted by atomic mass is 16.1. The van der Waals surface area contributed by atoms with Crippen molar-refractivity contribution in [3.63, 3.8) is 0 Å². The van der Waals surface area contributed by atoms with E-state index in [0.717, 1.165) is 18.7 Å². The van der Waals surface area contributed by atoms with Gasteiger partial charge in [0.25, 0.3) is 0 Å². The number of carbonyl (C=O) groups is 1. The average Bonchev–Trinajstić information content (AvgIpc) is 2.33. The maximum Gasteiger partial charge on any atom is 0.236 e. The van der Waals surface area contributed by atoms with E-state index in [1.165, 1.54) is 11.1 Å². The normalized spacial score (nSPS) is 12.2. The summed E-state index contributed by atoms with van der Waals surface area (Å²) < 4.78 is 0. The Morgan fingerprint density at radius 1 is 1.42 bits per heavy atom. The van der Waals surface area contributed by atoms with E-state index in [4.69, 9.17) is 5.73 Å². The number of hydrogen-bond acceptors (Lipinski definition) is 3. The zero-order chi connectivity index (χ0) is 14.4. The van der Waals surface area contributed by atoms with Crippen LogP contribution in [0.5, 0.6) is 0 Å². The van der Waals surface area contributed by atoms with Crippen molar-refractivity contribution in [3.05, 3.63) is 29.3 Å². The predicted molar refractivity (Wildman–Crippen MR) is 80.5 cm³/mol. The lowest BCUT2D eigenvalue weighted by molar-refractivity contribution is -0.119. The van der Waals surface area contributed by atoms with Gasteiger partial charge >= 0.3 is 0 Å². The molecule has 0 saturated carbocycles. The Balaban J connectivity index is 2.75. The SMILES string of the molecule is CCCNC(CN(C)c1ccc(C)cc1C)C(N)=O. The molecule has 0 spiro atoms. The standard InChI is InChI=1S/C15H25N3O/c1-5-8-17-13(15(16)19)10-18(4)14-7-6-11(2)9-12(14)3/h6-7,9,13,17H,5,8,10H2,1-4H3,(H2,16,19). The molecular formula is C15H25N3O. The summed E-state index contributed by atoms with van der Waals surface area (Å²) in [5.74, 6) is -0.301. The molecule has 0 aliphatic heterocycles. The third-order valence-electron chi connectivity index (χ3n) is 3.20. The molecule has 0 radical (unpaired) electrons. The minimum atomic E-state index is -0.314. The molecule has 19 heavy (non-hydrogen) atoms. The molecule has 1 atom stereocenters. The Labute approximate surface area is 116 Å². The van der Waals surface area contributed by atoms with Crippen molar-refractivity contribution in [2.45, 2.75) is 33.2 Å². The van der Waals surface area contributed by atoms with Crippen LogP contribution in [0.2, 0.25) is 0 Å². The molecule has 0 aliphatic rings. The van der Waals surface area contributed by atoms with Crippen LogP contribution in [0, 0.1) is 13.8 Å². The first kappa shape index (κ1) is 15.5. The molecular weight excluding hydrogens is 238 g/mol. The first-order valence-electron chi connectivity index (χ1n) is 6.76. The summed E-state index contributed by atoms with van der Waals surface area (Å²) in [6.45, 7) is 7.61. The van der Waals surface area contributed by atoms with E-state index in [2.05, 4.69) is 49.2 Å². The van der Waals surface area contributed by atoms with E-state index in [-0.39, 0.29) is 11.9 Å². The van der Waals surface area contributed by atoms with E-state index >= 15 is 0 Å². The van der Waals surface area contributed by atoms with Crippen LogP contribution in [0.4, 0.5) is 5.69 Å². The van der Waals surface area contributed by atoms with Gasteiger partial charge < -0.3 is 16.0 Å². The molecule has 4 nitrogen and oxygen atoms in total. The number of carbonyl (C=O) groups excluding carboxylic acids is 1. The van der Waals surface area contributed by atoms with Gasteiger partial charge in [0.2, 0.25) is 5.91 Å². The first-order valence-corrected chi connectivity index (χ1v) is 6.76. The maximum atomic E-state index is 11.4. The number of amides is 1. The third-order valence-corrected chi connectivity index (χ3v) is 3.20. The Bertz CT molecular complexity index is 431. The highest BCUT2D eigenvalue weighted by Crippen LogP contribution is 2.19. The average molecular weight is 263 g/mol. The topological polar surface area (TPSA) is 58.4 Å². The second-order valence-electron chi connectivity index (χ2n) is 5.08. The molecule has 4 heteroatoms. The summed E-state index contributed by atoms with van der Waals surface area (Å²) in [5, 5.41) is 3.18. The number of nitrogens with zero attached hydrogens (tertiary/aromatic N) is 1. The minimum Gasteiger partial charge on any atom is -0.372 e. The second-order valence-corrected chi connectivity index (χ2v) is 5.08. The van der Waals surface area contributed by atoms with Crippen molar-refractivity contribution in [2.75, 3.05) is 25.0 Å². The van der Waals surface area contributed by atoms with Gasteiger partial charge in [-0.15, -0.1) is 0 Å². The number of aryl methyl sites for hydroxylation is 2.